The first kappa shape index (κ1) is 35.8. The highest BCUT2D eigenvalue weighted by atomic mass is 35.5. The van der Waals surface area contributed by atoms with Gasteiger partial charge in [-0.15, -0.1) is 0 Å². The molecule has 0 saturated carbocycles. The largest absolute Gasteiger partial charge is 0.477 e. The van der Waals surface area contributed by atoms with Gasteiger partial charge in [-0.2, -0.15) is 5.10 Å². The molecule has 1 aromatic heterocycles. The summed E-state index contributed by atoms with van der Waals surface area (Å²) in [5.41, 5.74) is 6.29. The van der Waals surface area contributed by atoms with E-state index >= 15 is 0 Å². The Balaban J connectivity index is 0.979. The van der Waals surface area contributed by atoms with E-state index in [9.17, 15) is 20.0 Å². The van der Waals surface area contributed by atoms with Crippen LogP contribution in [0.3, 0.4) is 0 Å². The van der Waals surface area contributed by atoms with Crippen molar-refractivity contribution in [1.29, 1.82) is 0 Å². The Morgan fingerprint density at radius 2 is 1.45 bits per heavy atom. The maximum Gasteiger partial charge on any atom is 0.354 e. The quantitative estimate of drug-likeness (QED) is 0.0626. The lowest BCUT2D eigenvalue weighted by Gasteiger charge is -2.37. The number of nitrogens with one attached hydrogen (secondary N) is 2. The SMILES string of the molecule is Cn1nc(-c2ccc(Cl)cc2)c(-c2cccc(N3CCN(c4ccc(NSc5ccc(NSc6ccccc6)c([N+](=O)[O-])c5)cc4)CC3)c2)c1C(=O)O. The molecule has 1 aliphatic heterocycles. The van der Waals surface area contributed by atoms with Gasteiger partial charge in [-0.25, -0.2) is 4.79 Å². The van der Waals surface area contributed by atoms with Crippen molar-refractivity contribution in [3.8, 4) is 22.4 Å². The molecule has 0 spiro atoms. The van der Waals surface area contributed by atoms with E-state index < -0.39 is 5.97 Å². The Morgan fingerprint density at radius 1 is 0.774 bits per heavy atom. The van der Waals surface area contributed by atoms with Crippen LogP contribution < -0.4 is 19.2 Å². The number of carboxylic acids is 1. The molecule has 0 atom stereocenters. The van der Waals surface area contributed by atoms with E-state index in [0.717, 1.165) is 64.2 Å². The van der Waals surface area contributed by atoms with Crippen LogP contribution in [0.5, 0.6) is 0 Å². The lowest BCUT2D eigenvalue weighted by atomic mass is 9.98. The summed E-state index contributed by atoms with van der Waals surface area (Å²) >= 11 is 8.77. The van der Waals surface area contributed by atoms with Crippen molar-refractivity contribution in [2.75, 3.05) is 45.4 Å². The molecule has 2 heterocycles. The molecule has 0 radical (unpaired) electrons. The Kier molecular flexibility index (Phi) is 10.8. The van der Waals surface area contributed by atoms with Crippen LogP contribution in [-0.2, 0) is 7.05 Å². The summed E-state index contributed by atoms with van der Waals surface area (Å²) in [7, 11) is 1.65. The fourth-order valence-corrected chi connectivity index (χ4v) is 7.70. The smallest absolute Gasteiger partial charge is 0.354 e. The van der Waals surface area contributed by atoms with Gasteiger partial charge in [0.2, 0.25) is 0 Å². The number of halogens is 1. The maximum atomic E-state index is 12.4. The van der Waals surface area contributed by atoms with Crippen LogP contribution in [0.15, 0.2) is 131 Å². The number of anilines is 4. The Labute approximate surface area is 320 Å². The molecule has 0 bridgehead atoms. The molecule has 7 rings (SSSR count). The van der Waals surface area contributed by atoms with Crippen molar-refractivity contribution in [1.82, 2.24) is 9.78 Å². The van der Waals surface area contributed by atoms with Crippen molar-refractivity contribution < 1.29 is 14.8 Å². The lowest BCUT2D eigenvalue weighted by molar-refractivity contribution is -0.384. The molecule has 0 amide bonds. The van der Waals surface area contributed by atoms with Crippen molar-refractivity contribution in [3.63, 3.8) is 0 Å². The third-order valence-corrected chi connectivity index (χ3v) is 10.8. The molecule has 11 nitrogen and oxygen atoms in total. The first-order valence-corrected chi connectivity index (χ1v) is 18.7. The van der Waals surface area contributed by atoms with Gasteiger partial charge >= 0.3 is 5.97 Å². The van der Waals surface area contributed by atoms with Crippen molar-refractivity contribution in [2.45, 2.75) is 9.79 Å². The number of carboxylic acid groups (broad SMARTS) is 1. The fraction of sp³-hybridized carbons (Fsp3) is 0.128. The number of nitro benzene ring substituents is 1. The van der Waals surface area contributed by atoms with Crippen molar-refractivity contribution in [3.05, 3.63) is 142 Å². The second kappa shape index (κ2) is 15.9. The summed E-state index contributed by atoms with van der Waals surface area (Å²) in [5, 5.41) is 27.1. The zero-order chi connectivity index (χ0) is 36.9. The summed E-state index contributed by atoms with van der Waals surface area (Å²) in [5.74, 6) is -1.04. The minimum atomic E-state index is -1.04. The van der Waals surface area contributed by atoms with Crippen LogP contribution in [0, 0.1) is 10.1 Å². The summed E-state index contributed by atoms with van der Waals surface area (Å²) < 4.78 is 7.82. The third-order valence-electron chi connectivity index (χ3n) is 8.85. The monoisotopic (exact) mass is 763 g/mol. The minimum Gasteiger partial charge on any atom is -0.477 e. The zero-order valence-corrected chi connectivity index (χ0v) is 30.9. The first-order valence-electron chi connectivity index (χ1n) is 16.7. The molecule has 0 unspecified atom stereocenters. The number of rotatable bonds is 12. The number of hydrogen-bond acceptors (Lipinski definition) is 10. The van der Waals surface area contributed by atoms with E-state index in [1.165, 1.54) is 28.6 Å². The second-order valence-electron chi connectivity index (χ2n) is 12.2. The predicted molar refractivity (Wildman–Crippen MR) is 215 cm³/mol. The zero-order valence-electron chi connectivity index (χ0n) is 28.5. The minimum absolute atomic E-state index is 0.00576. The molecule has 1 aliphatic rings. The lowest BCUT2D eigenvalue weighted by Crippen LogP contribution is -2.46. The van der Waals surface area contributed by atoms with E-state index in [1.54, 1.807) is 31.3 Å². The first-order chi connectivity index (χ1) is 25.7. The van der Waals surface area contributed by atoms with E-state index in [1.807, 2.05) is 78.9 Å². The van der Waals surface area contributed by atoms with Crippen LogP contribution in [-0.4, -0.2) is 52.0 Å². The molecule has 1 fully saturated rings. The molecule has 268 valence electrons. The second-order valence-corrected chi connectivity index (χ2v) is 14.4. The number of aromatic carboxylic acids is 1. The predicted octanol–water partition coefficient (Wildman–Crippen LogP) is 9.58. The molecule has 53 heavy (non-hydrogen) atoms. The number of nitrogens with zero attached hydrogens (tertiary/aromatic N) is 5. The number of nitro groups is 1. The van der Waals surface area contributed by atoms with Gasteiger partial charge in [0.15, 0.2) is 5.69 Å². The topological polar surface area (TPSA) is 129 Å². The van der Waals surface area contributed by atoms with Gasteiger partial charge in [-0.05, 0) is 102 Å². The average Bonchev–Trinajstić information content (AvgIpc) is 3.54. The standard InChI is InChI=1S/C39H34ClN7O4S2/c1-44-38(39(48)49)36(37(41-44)26-10-12-28(40)13-11-26)27-6-5-7-31(24-27)46-22-20-45(21-23-46)30-16-14-29(15-17-30)42-53-33-18-19-34(35(25-33)47(50)51)43-52-32-8-3-2-4-9-32/h2-19,24-25,42-43H,20-23H2,1H3,(H,48,49). The van der Waals surface area contributed by atoms with E-state index in [0.29, 0.717) is 22.0 Å². The normalized spacial score (nSPS) is 12.8. The Bertz CT molecular complexity index is 2250. The molecule has 5 aromatic carbocycles. The average molecular weight is 764 g/mol. The van der Waals surface area contributed by atoms with E-state index in [4.69, 9.17) is 11.6 Å². The molecule has 1 saturated heterocycles. The van der Waals surface area contributed by atoms with Gasteiger partial charge in [-0.1, -0.05) is 54.1 Å². The van der Waals surface area contributed by atoms with Crippen LogP contribution >= 0.6 is 35.5 Å². The molecular weight excluding hydrogens is 730 g/mol. The van der Waals surface area contributed by atoms with Crippen LogP contribution in [0.25, 0.3) is 22.4 Å². The van der Waals surface area contributed by atoms with Gasteiger partial charge < -0.3 is 24.4 Å². The highest BCUT2D eigenvalue weighted by molar-refractivity contribution is 8.00. The third kappa shape index (κ3) is 8.22. The van der Waals surface area contributed by atoms with Gasteiger partial charge in [0, 0.05) is 82.3 Å². The van der Waals surface area contributed by atoms with E-state index in [-0.39, 0.29) is 16.3 Å². The number of carbonyl (C=O) groups is 1. The number of piperazine rings is 1. The highest BCUT2D eigenvalue weighted by Gasteiger charge is 2.25. The number of aryl methyl sites for hydroxylation is 1. The van der Waals surface area contributed by atoms with Gasteiger partial charge in [-0.3, -0.25) is 14.8 Å². The van der Waals surface area contributed by atoms with Crippen LogP contribution in [0.1, 0.15) is 10.5 Å². The molecular formula is C39H34ClN7O4S2. The highest BCUT2D eigenvalue weighted by Crippen LogP contribution is 2.37. The Hall–Kier alpha value is -5.63. The number of aromatic nitrogens is 2. The summed E-state index contributed by atoms with van der Waals surface area (Å²) in [6.07, 6.45) is 0. The van der Waals surface area contributed by atoms with E-state index in [2.05, 4.69) is 42.5 Å². The van der Waals surface area contributed by atoms with Crippen molar-refractivity contribution >= 4 is 69.9 Å². The van der Waals surface area contributed by atoms with Crippen LogP contribution in [0.2, 0.25) is 5.02 Å². The maximum absolute atomic E-state index is 12.4. The number of hydrogen-bond donors (Lipinski definition) is 3. The van der Waals surface area contributed by atoms with Crippen LogP contribution in [0.4, 0.5) is 28.4 Å². The molecule has 6 aromatic rings. The summed E-state index contributed by atoms with van der Waals surface area (Å²) in [6, 6.07) is 38.2. The van der Waals surface area contributed by atoms with Gasteiger partial charge in [0.05, 0.1) is 4.92 Å². The summed E-state index contributed by atoms with van der Waals surface area (Å²) in [6.45, 7) is 3.19. The van der Waals surface area contributed by atoms with Crippen molar-refractivity contribution in [2.24, 2.45) is 7.05 Å². The van der Waals surface area contributed by atoms with Gasteiger partial charge in [0.1, 0.15) is 11.4 Å². The van der Waals surface area contributed by atoms with Gasteiger partial charge in [0.25, 0.3) is 5.69 Å². The summed E-state index contributed by atoms with van der Waals surface area (Å²) in [4.78, 5) is 30.1. The number of benzene rings is 5. The fourth-order valence-electron chi connectivity index (χ4n) is 6.21. The molecule has 3 N–H and O–H groups in total. The molecule has 0 aliphatic carbocycles. The molecule has 14 heteroatoms. The Morgan fingerprint density at radius 3 is 2.13 bits per heavy atom.